The van der Waals surface area contributed by atoms with Gasteiger partial charge in [0.1, 0.15) is 66.0 Å². The summed E-state index contributed by atoms with van der Waals surface area (Å²) in [6.07, 6.45) is -1.71. The topological polar surface area (TPSA) is 651 Å². The maximum Gasteiger partial charge on any atom is 0.432 e. The van der Waals surface area contributed by atoms with Crippen molar-refractivity contribution in [2.24, 2.45) is 67.7 Å². The molecule has 10 atom stereocenters. The molecule has 2 saturated heterocycles. The lowest BCUT2D eigenvalue weighted by Gasteiger charge is -2.30. The minimum Gasteiger partial charge on any atom is -0.444 e. The van der Waals surface area contributed by atoms with Gasteiger partial charge in [-0.05, 0) is 160 Å². The minimum atomic E-state index is -1.66. The number of thioether (sulfide) groups is 1. The first-order chi connectivity index (χ1) is 49.8. The summed E-state index contributed by atoms with van der Waals surface area (Å²) < 4.78 is 5.24. The van der Waals surface area contributed by atoms with Crippen LogP contribution in [0.5, 0.6) is 0 Å². The van der Waals surface area contributed by atoms with Crippen LogP contribution >= 0.6 is 11.8 Å². The van der Waals surface area contributed by atoms with E-state index in [-0.39, 0.29) is 139 Å². The van der Waals surface area contributed by atoms with Gasteiger partial charge in [0.05, 0.1) is 0 Å². The summed E-state index contributed by atoms with van der Waals surface area (Å²) in [5.74, 6) is -13.7. The summed E-state index contributed by atoms with van der Waals surface area (Å²) in [6.45, 7) is 11.7. The van der Waals surface area contributed by atoms with Crippen LogP contribution in [-0.2, 0) is 76.7 Å². The van der Waals surface area contributed by atoms with Gasteiger partial charge in [-0.25, -0.2) is 9.59 Å². The number of primary amides is 2. The molecule has 0 saturated carbocycles. The monoisotopic (exact) mass is 1520 g/mol. The van der Waals surface area contributed by atoms with Gasteiger partial charge in [-0.3, -0.25) is 82.4 Å². The second kappa shape index (κ2) is 47.7. The molecule has 40 nitrogen and oxygen atoms in total. The highest BCUT2D eigenvalue weighted by Gasteiger charge is 2.42. The molecular weight excluding hydrogens is 1410 g/mol. The van der Waals surface area contributed by atoms with E-state index >= 15 is 0 Å². The average Bonchev–Trinajstić information content (AvgIpc) is 1.54. The summed E-state index contributed by atoms with van der Waals surface area (Å²) in [4.78, 5) is 232. The van der Waals surface area contributed by atoms with E-state index in [2.05, 4.69) is 63.2 Å². The lowest BCUT2D eigenvalue weighted by molar-refractivity contribution is -0.171. The Balaban J connectivity index is 2.60. The van der Waals surface area contributed by atoms with Crippen LogP contribution in [0.3, 0.4) is 0 Å². The van der Waals surface area contributed by atoms with Crippen LogP contribution in [0.15, 0.2) is 9.98 Å². The highest BCUT2D eigenvalue weighted by atomic mass is 32.2. The number of likely N-dealkylation sites (tertiary alicyclic amines) is 1. The van der Waals surface area contributed by atoms with Crippen LogP contribution < -0.4 is 99.0 Å². The molecule has 2 heterocycles. The fraction of sp³-hybridized carbons (Fsp3) is 0.723. The highest BCUT2D eigenvalue weighted by Crippen LogP contribution is 2.22. The second-order valence-electron chi connectivity index (χ2n) is 27.4. The van der Waals surface area contributed by atoms with Gasteiger partial charge in [-0.15, -0.1) is 5.06 Å². The lowest BCUT2D eigenvalue weighted by Crippen LogP contribution is -2.61. The molecular formula is C65H114N22O18S. The number of carbonyl (C=O) groups is 16. The Kier molecular flexibility index (Phi) is 41.6. The van der Waals surface area contributed by atoms with E-state index in [0.717, 1.165) is 0 Å². The number of alkyl carbamates (subject to hydrolysis) is 1. The molecule has 0 aromatic carbocycles. The molecule has 2 rings (SSSR count). The van der Waals surface area contributed by atoms with Gasteiger partial charge in [0.2, 0.25) is 65.0 Å². The number of hydroxylamine groups is 2. The number of hydrogen-bond donors (Lipinski definition) is 18. The fourth-order valence-corrected chi connectivity index (χ4v) is 11.4. The molecule has 26 N–H and O–H groups in total. The number of ether oxygens (including phenoxy) is 1. The largest absolute Gasteiger partial charge is 0.444 e. The van der Waals surface area contributed by atoms with Crippen molar-refractivity contribution in [3.8, 4) is 0 Å². The van der Waals surface area contributed by atoms with Gasteiger partial charge in [-0.2, -0.15) is 11.8 Å². The number of amides is 16. The van der Waals surface area contributed by atoms with Crippen LogP contribution in [0, 0.1) is 11.8 Å². The third-order valence-corrected chi connectivity index (χ3v) is 17.0. The van der Waals surface area contributed by atoms with Crippen molar-refractivity contribution in [3.63, 3.8) is 0 Å². The molecule has 16 amide bonds. The maximum absolute atomic E-state index is 14.7. The number of hydrogen-bond acceptors (Lipinski definition) is 23. The molecule has 2 aliphatic heterocycles. The number of nitrogens with zero attached hydrogens (tertiary/aromatic N) is 4. The Morgan fingerprint density at radius 2 is 0.896 bits per heavy atom. The molecule has 10 unspecified atom stereocenters. The van der Waals surface area contributed by atoms with Crippen molar-refractivity contribution in [2.75, 3.05) is 44.7 Å². The number of aliphatic imine (C=N–C) groups is 2. The van der Waals surface area contributed by atoms with Crippen molar-refractivity contribution < 1.29 is 86.3 Å². The molecule has 0 radical (unpaired) electrons. The smallest absolute Gasteiger partial charge is 0.432 e. The van der Waals surface area contributed by atoms with E-state index in [1.807, 2.05) is 0 Å². The van der Waals surface area contributed by atoms with E-state index in [0.29, 0.717) is 25.0 Å². The normalized spacial score (nSPS) is 16.0. The number of guanidine groups is 2. The number of rotatable bonds is 48. The number of imide groups is 2. The van der Waals surface area contributed by atoms with Crippen LogP contribution in [0.1, 0.15) is 177 Å². The first-order valence-electron chi connectivity index (χ1n) is 35.5. The van der Waals surface area contributed by atoms with Crippen LogP contribution in [0.4, 0.5) is 9.59 Å². The Hall–Kier alpha value is -9.67. The number of nitrogens with two attached hydrogens (primary N) is 8. The maximum atomic E-state index is 14.7. The quantitative estimate of drug-likeness (QED) is 0.0118. The van der Waals surface area contributed by atoms with E-state index in [9.17, 15) is 76.7 Å². The van der Waals surface area contributed by atoms with Gasteiger partial charge in [-0.1, -0.05) is 27.7 Å². The standard InChI is InChI=1S/C65H114N22O18S/c1-35(2)34-44(57(98)82-43(27-33-106-8)60(101)86-32-15-20-45(86)58(99)85-63(102)104-65(5,6)7)83-54(95)38(17-10-12-29-67)77-55(96)41(21-23-46(68)88)80-53(94)40(19-14-31-75-62(72)73)78-51(92)37(16-9-11-28-66)76-52(93)39(18-13-30-74-61(70)71)79-56(97)42(22-24-47(69)89)81-59(100)50(36(3)4)84-64(103)105-87-48(90)25-26-49(87)91/h35-45,50H,9-34,66-67H2,1-8H3,(H2,68,88)(H2,69,89)(H,76,93)(H,77,96)(H,78,92)(H,79,97)(H,80,94)(H,81,100)(H,82,98)(H,83,95)(H,84,103)(H4,70,71,74)(H4,72,73,75)(H,85,99,102). The van der Waals surface area contributed by atoms with Crippen molar-refractivity contribution in [3.05, 3.63) is 0 Å². The van der Waals surface area contributed by atoms with Crippen molar-refractivity contribution in [1.82, 2.24) is 63.1 Å². The first kappa shape index (κ1) is 92.4. The second-order valence-corrected chi connectivity index (χ2v) is 28.4. The molecule has 0 aliphatic carbocycles. The van der Waals surface area contributed by atoms with Gasteiger partial charge < -0.3 is 108 Å². The molecule has 0 aromatic rings. The van der Waals surface area contributed by atoms with Crippen molar-refractivity contribution in [2.45, 2.75) is 243 Å². The summed E-state index contributed by atoms with van der Waals surface area (Å²) >= 11 is 1.39. The van der Waals surface area contributed by atoms with Crippen molar-refractivity contribution in [1.29, 1.82) is 0 Å². The Labute approximate surface area is 621 Å². The fourth-order valence-electron chi connectivity index (χ4n) is 11.0. The molecule has 106 heavy (non-hydrogen) atoms. The predicted octanol–water partition coefficient (Wildman–Crippen LogP) is -4.58. The molecule has 0 bridgehead atoms. The molecule has 2 fully saturated rings. The van der Waals surface area contributed by atoms with Crippen LogP contribution in [0.25, 0.3) is 0 Å². The van der Waals surface area contributed by atoms with Crippen molar-refractivity contribution >= 4 is 119 Å². The highest BCUT2D eigenvalue weighted by molar-refractivity contribution is 7.98. The van der Waals surface area contributed by atoms with E-state index in [1.165, 1.54) is 30.5 Å². The average molecular weight is 1520 g/mol. The predicted molar refractivity (Wildman–Crippen MR) is 389 cm³/mol. The summed E-state index contributed by atoms with van der Waals surface area (Å²) in [5, 5.41) is 25.6. The number of nitrogens with one attached hydrogen (secondary N) is 10. The Bertz CT molecular complexity index is 3070. The van der Waals surface area contributed by atoms with Gasteiger partial charge >= 0.3 is 12.2 Å². The third kappa shape index (κ3) is 35.4. The zero-order valence-electron chi connectivity index (χ0n) is 62.0. The minimum absolute atomic E-state index is 0.00141. The Morgan fingerprint density at radius 1 is 0.509 bits per heavy atom. The van der Waals surface area contributed by atoms with Crippen LogP contribution in [-0.4, -0.2) is 228 Å². The number of carbonyl (C=O) groups excluding carboxylic acids is 16. The van der Waals surface area contributed by atoms with Gasteiger partial charge in [0.15, 0.2) is 11.9 Å². The molecule has 0 aromatic heterocycles. The molecule has 2 aliphatic rings. The SMILES string of the molecule is CSCCC(NC(=O)C(CC(C)C)NC(=O)C(CCCCN)NC(=O)C(CCC(N)=O)NC(=O)C(CCCN=C(N)N)NC(=O)C(CCCCN)NC(=O)C(CCCN=C(N)N)NC(=O)C(CCC(N)=O)NC(=O)C(NC(=O)ON1C(=O)CCC1=O)C(C)C)C(=O)N1CCCC1C(=O)NC(=O)OC(C)(C)C. The summed E-state index contributed by atoms with van der Waals surface area (Å²) in [7, 11) is 0. The molecule has 41 heteroatoms. The van der Waals surface area contributed by atoms with Crippen LogP contribution in [0.2, 0.25) is 0 Å². The number of unbranched alkanes of at least 4 members (excludes halogenated alkanes) is 2. The Morgan fingerprint density at radius 3 is 1.27 bits per heavy atom. The van der Waals surface area contributed by atoms with Gasteiger partial charge in [0.25, 0.3) is 17.7 Å². The lowest BCUT2D eigenvalue weighted by atomic mass is 10.0. The first-order valence-corrected chi connectivity index (χ1v) is 36.9. The van der Waals surface area contributed by atoms with Gasteiger partial charge in [0, 0.05) is 45.3 Å². The summed E-state index contributed by atoms with van der Waals surface area (Å²) in [6, 6.07) is -14.5. The molecule has 598 valence electrons. The van der Waals surface area contributed by atoms with E-state index in [4.69, 9.17) is 55.4 Å². The van der Waals surface area contributed by atoms with E-state index in [1.54, 1.807) is 40.9 Å². The zero-order chi connectivity index (χ0) is 80.0. The zero-order valence-corrected chi connectivity index (χ0v) is 62.8. The summed E-state index contributed by atoms with van der Waals surface area (Å²) in [5.41, 5.74) is 44.1. The molecule has 0 spiro atoms. The third-order valence-electron chi connectivity index (χ3n) is 16.4. The van der Waals surface area contributed by atoms with E-state index < -0.39 is 193 Å².